The summed E-state index contributed by atoms with van der Waals surface area (Å²) in [6, 6.07) is 4.17. The lowest BCUT2D eigenvalue weighted by molar-refractivity contribution is -0.385. The van der Waals surface area contributed by atoms with Gasteiger partial charge in [-0.15, -0.1) is 0 Å². The number of benzene rings is 1. The minimum absolute atomic E-state index is 0.0168. The Morgan fingerprint density at radius 3 is 2.53 bits per heavy atom. The van der Waals surface area contributed by atoms with Crippen molar-refractivity contribution >= 4 is 5.69 Å². The lowest BCUT2D eigenvalue weighted by atomic mass is 10.00. The van der Waals surface area contributed by atoms with Gasteiger partial charge in [0, 0.05) is 18.7 Å². The molecule has 0 aliphatic heterocycles. The van der Waals surface area contributed by atoms with Gasteiger partial charge in [-0.3, -0.25) is 10.1 Å². The number of hydrogen-bond acceptors (Lipinski definition) is 5. The van der Waals surface area contributed by atoms with Crippen molar-refractivity contribution in [1.29, 1.82) is 0 Å². The number of rotatable bonds is 5. The molecule has 2 atom stereocenters. The smallest absolute Gasteiger partial charge is 0.270 e. The van der Waals surface area contributed by atoms with Crippen LogP contribution in [-0.2, 0) is 0 Å². The van der Waals surface area contributed by atoms with Gasteiger partial charge in [0.2, 0.25) is 0 Å². The lowest BCUT2D eigenvalue weighted by Crippen LogP contribution is -2.19. The predicted molar refractivity (Wildman–Crippen MR) is 60.5 cm³/mol. The van der Waals surface area contributed by atoms with Gasteiger partial charge in [-0.05, 0) is 24.5 Å². The first kappa shape index (κ1) is 13.6. The molecule has 94 valence electrons. The summed E-state index contributed by atoms with van der Waals surface area (Å²) in [6.45, 7) is 1.41. The van der Waals surface area contributed by atoms with Gasteiger partial charge < -0.3 is 15.3 Å². The molecule has 6 heteroatoms. The third-order valence-electron chi connectivity index (χ3n) is 2.43. The molecule has 0 bridgehead atoms. The Morgan fingerprint density at radius 1 is 1.35 bits per heavy atom. The van der Waals surface area contributed by atoms with Crippen molar-refractivity contribution in [1.82, 2.24) is 0 Å². The molecule has 0 amide bonds. The van der Waals surface area contributed by atoms with Gasteiger partial charge in [-0.25, -0.2) is 0 Å². The van der Waals surface area contributed by atoms with Gasteiger partial charge in [0.15, 0.2) is 0 Å². The number of aryl methyl sites for hydroxylation is 1. The van der Waals surface area contributed by atoms with E-state index >= 15 is 0 Å². The zero-order valence-corrected chi connectivity index (χ0v) is 9.41. The van der Waals surface area contributed by atoms with E-state index in [-0.39, 0.29) is 24.3 Å². The lowest BCUT2D eigenvalue weighted by Gasteiger charge is -2.17. The van der Waals surface area contributed by atoms with Crippen LogP contribution < -0.4 is 0 Å². The molecule has 3 N–H and O–H groups in total. The molecule has 0 radical (unpaired) electrons. The Labute approximate surface area is 98.3 Å². The Bertz CT molecular complexity index is 407. The van der Waals surface area contributed by atoms with E-state index in [1.54, 1.807) is 13.0 Å². The average Bonchev–Trinajstić information content (AvgIpc) is 2.27. The SMILES string of the molecule is Cc1cc(C(O)C(O)CCO)cc([N+](=O)[O-])c1. The van der Waals surface area contributed by atoms with E-state index in [1.165, 1.54) is 12.1 Å². The molecule has 0 aromatic heterocycles. The Balaban J connectivity index is 3.01. The second-order valence-electron chi connectivity index (χ2n) is 3.88. The largest absolute Gasteiger partial charge is 0.396 e. The third kappa shape index (κ3) is 3.48. The van der Waals surface area contributed by atoms with Crippen LogP contribution >= 0.6 is 0 Å². The number of nitro benzene ring substituents is 1. The minimum atomic E-state index is -1.24. The highest BCUT2D eigenvalue weighted by molar-refractivity contribution is 5.40. The molecular formula is C11H15NO5. The normalized spacial score (nSPS) is 14.4. The Kier molecular flexibility index (Phi) is 4.56. The van der Waals surface area contributed by atoms with Gasteiger partial charge in [-0.1, -0.05) is 6.07 Å². The zero-order valence-electron chi connectivity index (χ0n) is 9.41. The first-order chi connectivity index (χ1) is 7.95. The van der Waals surface area contributed by atoms with Crippen molar-refractivity contribution in [3.05, 3.63) is 39.4 Å². The molecular weight excluding hydrogens is 226 g/mol. The molecule has 17 heavy (non-hydrogen) atoms. The second kappa shape index (κ2) is 5.72. The van der Waals surface area contributed by atoms with E-state index in [1.807, 2.05) is 0 Å². The van der Waals surface area contributed by atoms with Crippen molar-refractivity contribution in [2.24, 2.45) is 0 Å². The van der Waals surface area contributed by atoms with E-state index in [0.29, 0.717) is 5.56 Å². The van der Waals surface area contributed by atoms with Crippen LogP contribution in [0.5, 0.6) is 0 Å². The van der Waals surface area contributed by atoms with E-state index in [9.17, 15) is 20.3 Å². The number of nitro groups is 1. The Morgan fingerprint density at radius 2 is 2.00 bits per heavy atom. The van der Waals surface area contributed by atoms with Crippen molar-refractivity contribution < 1.29 is 20.2 Å². The molecule has 0 fully saturated rings. The monoisotopic (exact) mass is 241 g/mol. The fourth-order valence-electron chi connectivity index (χ4n) is 1.58. The summed E-state index contributed by atoms with van der Waals surface area (Å²) in [5.74, 6) is 0. The van der Waals surface area contributed by atoms with Crippen LogP contribution in [0.15, 0.2) is 18.2 Å². The highest BCUT2D eigenvalue weighted by atomic mass is 16.6. The van der Waals surface area contributed by atoms with Crippen molar-refractivity contribution in [3.8, 4) is 0 Å². The summed E-state index contributed by atoms with van der Waals surface area (Å²) in [4.78, 5) is 10.1. The summed E-state index contributed by atoms with van der Waals surface area (Å²) in [5.41, 5.74) is 0.775. The predicted octanol–water partition coefficient (Wildman–Crippen LogP) is 0.680. The summed E-state index contributed by atoms with van der Waals surface area (Å²) in [6.07, 6.45) is -2.36. The third-order valence-corrected chi connectivity index (χ3v) is 2.43. The van der Waals surface area contributed by atoms with Gasteiger partial charge in [0.1, 0.15) is 6.10 Å². The second-order valence-corrected chi connectivity index (χ2v) is 3.88. The van der Waals surface area contributed by atoms with E-state index in [0.717, 1.165) is 0 Å². The average molecular weight is 241 g/mol. The zero-order chi connectivity index (χ0) is 13.0. The maximum atomic E-state index is 10.6. The maximum absolute atomic E-state index is 10.6. The van der Waals surface area contributed by atoms with Crippen molar-refractivity contribution in [2.75, 3.05) is 6.61 Å². The summed E-state index contributed by atoms with van der Waals surface area (Å²) >= 11 is 0. The van der Waals surface area contributed by atoms with Gasteiger partial charge in [0.25, 0.3) is 5.69 Å². The van der Waals surface area contributed by atoms with Crippen molar-refractivity contribution in [3.63, 3.8) is 0 Å². The minimum Gasteiger partial charge on any atom is -0.396 e. The molecule has 0 spiro atoms. The molecule has 0 saturated heterocycles. The number of nitrogens with zero attached hydrogens (tertiary/aromatic N) is 1. The fraction of sp³-hybridized carbons (Fsp3) is 0.455. The summed E-state index contributed by atoms with van der Waals surface area (Å²) < 4.78 is 0. The topological polar surface area (TPSA) is 104 Å². The molecule has 0 aliphatic carbocycles. The highest BCUT2D eigenvalue weighted by Gasteiger charge is 2.20. The molecule has 0 aliphatic rings. The number of non-ortho nitro benzene ring substituents is 1. The van der Waals surface area contributed by atoms with Crippen LogP contribution in [0.3, 0.4) is 0 Å². The highest BCUT2D eigenvalue weighted by Crippen LogP contribution is 2.24. The van der Waals surface area contributed by atoms with Gasteiger partial charge in [0.05, 0.1) is 11.0 Å². The molecule has 1 aromatic carbocycles. The van der Waals surface area contributed by atoms with Crippen LogP contribution in [0.2, 0.25) is 0 Å². The van der Waals surface area contributed by atoms with Crippen LogP contribution in [0, 0.1) is 17.0 Å². The maximum Gasteiger partial charge on any atom is 0.270 e. The van der Waals surface area contributed by atoms with E-state index in [2.05, 4.69) is 0 Å². The number of aliphatic hydroxyl groups is 3. The standard InChI is InChI=1S/C11H15NO5/c1-7-4-8(6-9(5-7)12(16)17)11(15)10(14)2-3-13/h4-6,10-11,13-15H,2-3H2,1H3. The quantitative estimate of drug-likeness (QED) is 0.519. The Hall–Kier alpha value is -1.50. The van der Waals surface area contributed by atoms with Gasteiger partial charge >= 0.3 is 0 Å². The summed E-state index contributed by atoms with van der Waals surface area (Å²) in [5, 5.41) is 38.6. The van der Waals surface area contributed by atoms with Crippen molar-refractivity contribution in [2.45, 2.75) is 25.6 Å². The molecule has 0 saturated carbocycles. The number of aliphatic hydroxyl groups excluding tert-OH is 3. The fourth-order valence-corrected chi connectivity index (χ4v) is 1.58. The van der Waals surface area contributed by atoms with Crippen LogP contribution in [0.4, 0.5) is 5.69 Å². The number of hydrogen-bond donors (Lipinski definition) is 3. The molecule has 2 unspecified atom stereocenters. The summed E-state index contributed by atoms with van der Waals surface area (Å²) in [7, 11) is 0. The van der Waals surface area contributed by atoms with E-state index in [4.69, 9.17) is 5.11 Å². The van der Waals surface area contributed by atoms with Gasteiger partial charge in [-0.2, -0.15) is 0 Å². The van der Waals surface area contributed by atoms with Crippen LogP contribution in [0.25, 0.3) is 0 Å². The van der Waals surface area contributed by atoms with Crippen LogP contribution in [0.1, 0.15) is 23.7 Å². The molecule has 1 rings (SSSR count). The first-order valence-corrected chi connectivity index (χ1v) is 5.18. The van der Waals surface area contributed by atoms with E-state index < -0.39 is 17.1 Å². The molecule has 6 nitrogen and oxygen atoms in total. The molecule has 1 aromatic rings. The molecule has 0 heterocycles. The first-order valence-electron chi connectivity index (χ1n) is 5.18. The van der Waals surface area contributed by atoms with Crippen LogP contribution in [-0.4, -0.2) is 33.0 Å².